The van der Waals surface area contributed by atoms with Gasteiger partial charge in [-0.2, -0.15) is 11.3 Å². The van der Waals surface area contributed by atoms with Gasteiger partial charge in [-0.05, 0) is 29.3 Å². The Labute approximate surface area is 96.3 Å². The van der Waals surface area contributed by atoms with Gasteiger partial charge >= 0.3 is 6.01 Å². The molecular weight excluding hydrogens is 234 g/mol. The van der Waals surface area contributed by atoms with Crippen LogP contribution in [0.4, 0.5) is 6.01 Å². The van der Waals surface area contributed by atoms with E-state index in [-0.39, 0.29) is 11.9 Å². The molecule has 0 aromatic carbocycles. The standard InChI is InChI=1S/C9H10ClN3OS/c1-6(7-2-3-15-5-7)11-9-13-12-8(4-10)14-9/h2-3,5-6H,4H2,1H3,(H,11,13). The van der Waals surface area contributed by atoms with Crippen LogP contribution in [0.2, 0.25) is 0 Å². The fourth-order valence-electron chi connectivity index (χ4n) is 1.16. The molecule has 1 unspecified atom stereocenters. The maximum absolute atomic E-state index is 5.55. The van der Waals surface area contributed by atoms with Gasteiger partial charge in [-0.25, -0.2) is 0 Å². The van der Waals surface area contributed by atoms with E-state index in [2.05, 4.69) is 27.0 Å². The molecule has 1 atom stereocenters. The van der Waals surface area contributed by atoms with E-state index in [0.29, 0.717) is 11.9 Å². The van der Waals surface area contributed by atoms with Crippen molar-refractivity contribution in [3.8, 4) is 0 Å². The van der Waals surface area contributed by atoms with Gasteiger partial charge < -0.3 is 9.73 Å². The van der Waals surface area contributed by atoms with E-state index in [1.165, 1.54) is 5.56 Å². The molecule has 80 valence electrons. The molecule has 0 saturated carbocycles. The van der Waals surface area contributed by atoms with E-state index < -0.39 is 0 Å². The first-order valence-electron chi connectivity index (χ1n) is 4.46. The molecule has 0 spiro atoms. The number of aromatic nitrogens is 2. The summed E-state index contributed by atoms with van der Waals surface area (Å²) in [5.41, 5.74) is 1.20. The summed E-state index contributed by atoms with van der Waals surface area (Å²) in [6.45, 7) is 2.03. The summed E-state index contributed by atoms with van der Waals surface area (Å²) >= 11 is 7.21. The zero-order valence-electron chi connectivity index (χ0n) is 8.11. The first kappa shape index (κ1) is 10.4. The molecule has 2 rings (SSSR count). The number of hydrogen-bond donors (Lipinski definition) is 1. The molecule has 2 aromatic heterocycles. The van der Waals surface area contributed by atoms with Gasteiger partial charge in [0, 0.05) is 0 Å². The Balaban J connectivity index is 2.02. The Morgan fingerprint density at radius 1 is 1.60 bits per heavy atom. The Morgan fingerprint density at radius 2 is 2.47 bits per heavy atom. The van der Waals surface area contributed by atoms with Gasteiger partial charge in [0.25, 0.3) is 0 Å². The third kappa shape index (κ3) is 2.49. The Kier molecular flexibility index (Phi) is 3.23. The van der Waals surface area contributed by atoms with Gasteiger partial charge in [0.2, 0.25) is 5.89 Å². The molecule has 0 saturated heterocycles. The van der Waals surface area contributed by atoms with Crippen LogP contribution in [-0.2, 0) is 5.88 Å². The molecule has 2 heterocycles. The summed E-state index contributed by atoms with van der Waals surface area (Å²) in [5, 5.41) is 14.8. The van der Waals surface area contributed by atoms with Crippen LogP contribution >= 0.6 is 22.9 Å². The third-order valence-electron chi connectivity index (χ3n) is 1.96. The van der Waals surface area contributed by atoms with Crippen molar-refractivity contribution >= 4 is 29.0 Å². The van der Waals surface area contributed by atoms with Gasteiger partial charge in [-0.1, -0.05) is 5.10 Å². The number of rotatable bonds is 4. The van der Waals surface area contributed by atoms with Crippen LogP contribution in [0.25, 0.3) is 0 Å². The Bertz CT molecular complexity index is 415. The average Bonchev–Trinajstić information content (AvgIpc) is 2.87. The molecule has 0 radical (unpaired) electrons. The molecule has 4 nitrogen and oxygen atoms in total. The number of halogens is 1. The van der Waals surface area contributed by atoms with Crippen LogP contribution in [-0.4, -0.2) is 10.2 Å². The second kappa shape index (κ2) is 4.63. The number of nitrogens with one attached hydrogen (secondary N) is 1. The highest BCUT2D eigenvalue weighted by Gasteiger charge is 2.10. The van der Waals surface area contributed by atoms with Crippen LogP contribution in [0, 0.1) is 0 Å². The monoisotopic (exact) mass is 243 g/mol. The normalized spacial score (nSPS) is 12.7. The SMILES string of the molecule is CC(Nc1nnc(CCl)o1)c1ccsc1. The number of thiophene rings is 1. The number of hydrogen-bond acceptors (Lipinski definition) is 5. The van der Waals surface area contributed by atoms with E-state index in [4.69, 9.17) is 16.0 Å². The molecule has 1 N–H and O–H groups in total. The van der Waals surface area contributed by atoms with Crippen molar-refractivity contribution in [1.29, 1.82) is 0 Å². The lowest BCUT2D eigenvalue weighted by molar-refractivity contribution is 0.520. The Hall–Kier alpha value is -1.07. The maximum atomic E-state index is 5.55. The van der Waals surface area contributed by atoms with Crippen molar-refractivity contribution < 1.29 is 4.42 Å². The first-order valence-corrected chi connectivity index (χ1v) is 5.94. The molecule has 0 aliphatic heterocycles. The van der Waals surface area contributed by atoms with E-state index >= 15 is 0 Å². The summed E-state index contributed by atoms with van der Waals surface area (Å²) in [5.74, 6) is 0.665. The van der Waals surface area contributed by atoms with E-state index in [9.17, 15) is 0 Å². The highest BCUT2D eigenvalue weighted by Crippen LogP contribution is 2.20. The third-order valence-corrected chi connectivity index (χ3v) is 2.89. The van der Waals surface area contributed by atoms with Crippen LogP contribution in [0.15, 0.2) is 21.2 Å². The lowest BCUT2D eigenvalue weighted by Gasteiger charge is -2.08. The summed E-state index contributed by atoms with van der Waals surface area (Å²) in [6, 6.07) is 2.62. The second-order valence-corrected chi connectivity index (χ2v) is 4.10. The summed E-state index contributed by atoms with van der Waals surface area (Å²) in [4.78, 5) is 0. The fourth-order valence-corrected chi connectivity index (χ4v) is 2.02. The van der Waals surface area contributed by atoms with Crippen LogP contribution in [0.3, 0.4) is 0 Å². The molecule has 0 aliphatic rings. The first-order chi connectivity index (χ1) is 7.29. The maximum Gasteiger partial charge on any atom is 0.315 e. The van der Waals surface area contributed by atoms with Gasteiger partial charge in [0.1, 0.15) is 5.88 Å². The number of alkyl halides is 1. The van der Waals surface area contributed by atoms with Crippen LogP contribution in [0.1, 0.15) is 24.4 Å². The molecule has 0 amide bonds. The second-order valence-electron chi connectivity index (χ2n) is 3.06. The topological polar surface area (TPSA) is 51.0 Å². The Morgan fingerprint density at radius 3 is 3.07 bits per heavy atom. The molecule has 0 fully saturated rings. The zero-order valence-corrected chi connectivity index (χ0v) is 9.68. The van der Waals surface area contributed by atoms with Crippen molar-refractivity contribution in [2.45, 2.75) is 18.8 Å². The molecule has 0 bridgehead atoms. The summed E-state index contributed by atoms with van der Waals surface area (Å²) in [6.07, 6.45) is 0. The van der Waals surface area contributed by atoms with E-state index in [1.807, 2.05) is 12.3 Å². The van der Waals surface area contributed by atoms with Crippen LogP contribution in [0.5, 0.6) is 0 Å². The van der Waals surface area contributed by atoms with Crippen molar-refractivity contribution in [1.82, 2.24) is 10.2 Å². The number of anilines is 1. The highest BCUT2D eigenvalue weighted by molar-refractivity contribution is 7.07. The lowest BCUT2D eigenvalue weighted by atomic mass is 10.2. The van der Waals surface area contributed by atoms with Gasteiger partial charge in [0.15, 0.2) is 0 Å². The molecule has 2 aromatic rings. The van der Waals surface area contributed by atoms with Crippen molar-refractivity contribution in [2.24, 2.45) is 0 Å². The minimum atomic E-state index is 0.153. The van der Waals surface area contributed by atoms with Crippen molar-refractivity contribution in [3.63, 3.8) is 0 Å². The summed E-state index contributed by atoms with van der Waals surface area (Å²) in [7, 11) is 0. The molecule has 6 heteroatoms. The molecular formula is C9H10ClN3OS. The predicted octanol–water partition coefficient (Wildman–Crippen LogP) is 3.04. The fraction of sp³-hybridized carbons (Fsp3) is 0.333. The smallest absolute Gasteiger partial charge is 0.315 e. The van der Waals surface area contributed by atoms with E-state index in [0.717, 1.165) is 0 Å². The largest absolute Gasteiger partial charge is 0.407 e. The highest BCUT2D eigenvalue weighted by atomic mass is 35.5. The number of nitrogens with zero attached hydrogens (tertiary/aromatic N) is 2. The van der Waals surface area contributed by atoms with Gasteiger partial charge in [0.05, 0.1) is 6.04 Å². The van der Waals surface area contributed by atoms with Crippen molar-refractivity contribution in [3.05, 3.63) is 28.3 Å². The summed E-state index contributed by atoms with van der Waals surface area (Å²) < 4.78 is 5.24. The minimum Gasteiger partial charge on any atom is -0.407 e. The van der Waals surface area contributed by atoms with Crippen LogP contribution < -0.4 is 5.32 Å². The zero-order chi connectivity index (χ0) is 10.7. The van der Waals surface area contributed by atoms with E-state index in [1.54, 1.807) is 11.3 Å². The van der Waals surface area contributed by atoms with Crippen molar-refractivity contribution in [2.75, 3.05) is 5.32 Å². The molecule has 15 heavy (non-hydrogen) atoms. The van der Waals surface area contributed by atoms with Gasteiger partial charge in [-0.3, -0.25) is 0 Å². The molecule has 0 aliphatic carbocycles. The quantitative estimate of drug-likeness (QED) is 0.839. The van der Waals surface area contributed by atoms with Gasteiger partial charge in [-0.15, -0.1) is 16.7 Å². The predicted molar refractivity (Wildman–Crippen MR) is 60.2 cm³/mol. The lowest BCUT2D eigenvalue weighted by Crippen LogP contribution is -2.05. The average molecular weight is 244 g/mol. The minimum absolute atomic E-state index is 0.153.